The van der Waals surface area contributed by atoms with E-state index in [1.165, 1.54) is 32.5 Å². The van der Waals surface area contributed by atoms with Gasteiger partial charge in [0.1, 0.15) is 11.9 Å². The number of allylic oxidation sites excluding steroid dienone is 8. The smallest absolute Gasteiger partial charge is 0.338 e. The fraction of sp³-hybridized carbons (Fsp3) is 0.622. The molecule has 1 aromatic rings. The number of benzene rings is 1. The number of ether oxygens (including phenoxy) is 4. The van der Waals surface area contributed by atoms with Crippen molar-refractivity contribution in [3.05, 3.63) is 64.3 Å². The minimum absolute atomic E-state index is 0.0351. The average molecular weight is 717 g/mol. The Labute approximate surface area is 313 Å². The molecule has 1 aromatic carbocycles. The Morgan fingerprint density at radius 3 is 1.83 bits per heavy atom. The summed E-state index contributed by atoms with van der Waals surface area (Å²) in [7, 11) is 4.53. The van der Waals surface area contributed by atoms with Crippen LogP contribution in [0.5, 0.6) is 17.2 Å². The second-order valence-corrected chi connectivity index (χ2v) is 17.2. The minimum atomic E-state index is -1.20. The predicted molar refractivity (Wildman–Crippen MR) is 208 cm³/mol. The van der Waals surface area contributed by atoms with Gasteiger partial charge in [-0.05, 0) is 123 Å². The predicted octanol–water partition coefficient (Wildman–Crippen LogP) is 10.5. The Morgan fingerprint density at radius 1 is 0.808 bits per heavy atom. The average Bonchev–Trinajstić information content (AvgIpc) is 3.07. The number of esters is 1. The number of rotatable bonds is 16. The van der Waals surface area contributed by atoms with E-state index < -0.39 is 34.2 Å². The zero-order valence-electron chi connectivity index (χ0n) is 34.4. The normalized spacial score (nSPS) is 29.8. The summed E-state index contributed by atoms with van der Waals surface area (Å²) in [5.74, 6) is -0.851. The van der Waals surface area contributed by atoms with Crippen molar-refractivity contribution in [2.24, 2.45) is 39.4 Å². The molecule has 4 rings (SSSR count). The molecule has 7 nitrogen and oxygen atoms in total. The number of hydrogen-bond donors (Lipinski definition) is 0. The van der Waals surface area contributed by atoms with E-state index in [1.54, 1.807) is 12.1 Å². The summed E-state index contributed by atoms with van der Waals surface area (Å²) >= 11 is 0. The lowest BCUT2D eigenvalue weighted by atomic mass is 9.13. The molecule has 0 bridgehead atoms. The molecule has 0 saturated heterocycles. The lowest BCUT2D eigenvalue weighted by molar-refractivity contribution is -0.394. The molecule has 0 aliphatic heterocycles. The van der Waals surface area contributed by atoms with Gasteiger partial charge in [-0.15, -0.1) is 0 Å². The third-order valence-electron chi connectivity index (χ3n) is 12.6. The maximum Gasteiger partial charge on any atom is 0.338 e. The topological polar surface area (TPSA) is 88.1 Å². The molecule has 0 N–H and O–H groups in total. The van der Waals surface area contributed by atoms with Gasteiger partial charge < -0.3 is 18.9 Å². The summed E-state index contributed by atoms with van der Waals surface area (Å²) in [6.45, 7) is 22.7. The van der Waals surface area contributed by atoms with E-state index in [0.717, 1.165) is 36.8 Å². The molecule has 0 aromatic heterocycles. The zero-order chi connectivity index (χ0) is 39.0. The van der Waals surface area contributed by atoms with Crippen molar-refractivity contribution in [1.29, 1.82) is 0 Å². The third kappa shape index (κ3) is 6.38. The van der Waals surface area contributed by atoms with Crippen LogP contribution in [0.1, 0.15) is 125 Å². The second-order valence-electron chi connectivity index (χ2n) is 17.2. The number of hydrogen-bond acceptors (Lipinski definition) is 7. The Hall–Kier alpha value is -3.61. The number of carbonyl (C=O) groups is 3. The third-order valence-corrected chi connectivity index (χ3v) is 12.6. The first kappa shape index (κ1) is 41.2. The fourth-order valence-electron chi connectivity index (χ4n) is 10.5. The first-order chi connectivity index (χ1) is 24.3. The van der Waals surface area contributed by atoms with Gasteiger partial charge in [0.25, 0.3) is 0 Å². The molecule has 3 aliphatic carbocycles. The molecule has 3 saturated carbocycles. The molecule has 52 heavy (non-hydrogen) atoms. The van der Waals surface area contributed by atoms with Crippen molar-refractivity contribution in [3.63, 3.8) is 0 Å². The largest absolute Gasteiger partial charge is 0.493 e. The van der Waals surface area contributed by atoms with Crippen LogP contribution in [0.15, 0.2) is 58.7 Å². The molecule has 0 radical (unpaired) electrons. The molecule has 0 spiro atoms. The molecule has 0 heterocycles. The van der Waals surface area contributed by atoms with Gasteiger partial charge in [-0.1, -0.05) is 67.4 Å². The molecule has 0 amide bonds. The highest BCUT2D eigenvalue weighted by Gasteiger charge is 2.94. The Morgan fingerprint density at radius 2 is 1.35 bits per heavy atom. The number of carbonyl (C=O) groups excluding carboxylic acids is 3. The van der Waals surface area contributed by atoms with Crippen LogP contribution >= 0.6 is 0 Å². The summed E-state index contributed by atoms with van der Waals surface area (Å²) < 4.78 is 23.4. The second kappa shape index (κ2) is 15.4. The first-order valence-corrected chi connectivity index (χ1v) is 19.0. The van der Waals surface area contributed by atoms with Crippen molar-refractivity contribution >= 4 is 17.5 Å². The van der Waals surface area contributed by atoms with Crippen LogP contribution in [0.25, 0.3) is 0 Å². The van der Waals surface area contributed by atoms with Gasteiger partial charge in [0.15, 0.2) is 17.3 Å². The van der Waals surface area contributed by atoms with E-state index in [4.69, 9.17) is 18.9 Å². The lowest BCUT2D eigenvalue weighted by Crippen LogP contribution is -2.91. The number of ketones is 2. The van der Waals surface area contributed by atoms with Gasteiger partial charge in [0.2, 0.25) is 5.75 Å². The van der Waals surface area contributed by atoms with Gasteiger partial charge in [0, 0.05) is 11.3 Å². The molecule has 7 atom stereocenters. The standard InChI is InChI=1S/C45H64O7/c1-27(2)16-15-21-42(11)44(23-20-30(7)8)26-43(22-19-29(5)6)39(52-40(48)32-24-34(49-12)36(51-14)35(25-32)50-13)33(18-17-28(3)4)38(47)45(42,41(43)44)37(46)31(9)10/h16-17,19-20,24-25,31,33,39,41H,15,18,21-23,26H2,1-14H3/t33?,39?,41?,42-,43-,44-,45+/m1/s1. The van der Waals surface area contributed by atoms with Crippen LogP contribution in [0.3, 0.4) is 0 Å². The van der Waals surface area contributed by atoms with Crippen molar-refractivity contribution < 1.29 is 33.3 Å². The van der Waals surface area contributed by atoms with Crippen LogP contribution in [-0.4, -0.2) is 45.0 Å². The Bertz CT molecular complexity index is 1650. The van der Waals surface area contributed by atoms with Crippen molar-refractivity contribution in [1.82, 2.24) is 0 Å². The van der Waals surface area contributed by atoms with Gasteiger partial charge in [-0.2, -0.15) is 0 Å². The molecule has 3 aliphatic rings. The number of methoxy groups -OCH3 is 3. The van der Waals surface area contributed by atoms with Crippen molar-refractivity contribution in [2.75, 3.05) is 21.3 Å². The van der Waals surface area contributed by atoms with E-state index in [9.17, 15) is 4.79 Å². The van der Waals surface area contributed by atoms with E-state index in [0.29, 0.717) is 30.1 Å². The zero-order valence-corrected chi connectivity index (χ0v) is 34.4. The van der Waals surface area contributed by atoms with Gasteiger partial charge in [-0.3, -0.25) is 9.59 Å². The maximum atomic E-state index is 15.8. The van der Waals surface area contributed by atoms with Crippen molar-refractivity contribution in [2.45, 2.75) is 121 Å². The van der Waals surface area contributed by atoms with E-state index in [-0.39, 0.29) is 34.4 Å². The summed E-state index contributed by atoms with van der Waals surface area (Å²) in [4.78, 5) is 45.4. The summed E-state index contributed by atoms with van der Waals surface area (Å²) in [5, 5.41) is 0. The van der Waals surface area contributed by atoms with Crippen molar-refractivity contribution in [3.8, 4) is 17.2 Å². The molecule has 286 valence electrons. The monoisotopic (exact) mass is 716 g/mol. The lowest BCUT2D eigenvalue weighted by Gasteiger charge is -2.88. The van der Waals surface area contributed by atoms with Crippen LogP contribution in [0.2, 0.25) is 0 Å². The molecule has 3 unspecified atom stereocenters. The van der Waals surface area contributed by atoms with E-state index in [2.05, 4.69) is 72.8 Å². The molecular weight excluding hydrogens is 652 g/mol. The number of Topliss-reactive ketones (excluding diaryl/α,β-unsaturated/α-hetero) is 2. The maximum absolute atomic E-state index is 15.8. The van der Waals surface area contributed by atoms with Gasteiger partial charge in [-0.25, -0.2) is 4.79 Å². The molecule has 3 fully saturated rings. The Kier molecular flexibility index (Phi) is 12.2. The van der Waals surface area contributed by atoms with Crippen LogP contribution in [-0.2, 0) is 14.3 Å². The highest BCUT2D eigenvalue weighted by molar-refractivity contribution is 6.13. The van der Waals surface area contributed by atoms with Gasteiger partial charge >= 0.3 is 5.97 Å². The van der Waals surface area contributed by atoms with E-state index >= 15 is 9.59 Å². The van der Waals surface area contributed by atoms with Crippen LogP contribution in [0.4, 0.5) is 0 Å². The molecule has 7 heteroatoms. The fourth-order valence-corrected chi connectivity index (χ4v) is 10.5. The summed E-state index contributed by atoms with van der Waals surface area (Å²) in [6, 6.07) is 3.19. The highest BCUT2D eigenvalue weighted by Crippen LogP contribution is 2.92. The van der Waals surface area contributed by atoms with Crippen LogP contribution < -0.4 is 14.2 Å². The molecular formula is C45H64O7. The van der Waals surface area contributed by atoms with Crippen LogP contribution in [0, 0.1) is 39.4 Å². The first-order valence-electron chi connectivity index (χ1n) is 19.0. The summed E-state index contributed by atoms with van der Waals surface area (Å²) in [5.41, 5.74) is 2.18. The highest BCUT2D eigenvalue weighted by atomic mass is 16.5. The quantitative estimate of drug-likeness (QED) is 0.0956. The summed E-state index contributed by atoms with van der Waals surface area (Å²) in [6.07, 6.45) is 12.1. The Balaban J connectivity index is 2.03. The van der Waals surface area contributed by atoms with E-state index in [1.807, 2.05) is 27.7 Å². The SMILES string of the molecule is COc1cc(C(=O)OC2C(CC=C(C)C)C(=O)[C@@]3(C(=O)C(C)C)C4[C@]2(CC=C(C)C)C[C@@]4(CC=C(C)C)[C@@]3(C)CCC=C(C)C)cc(OC)c1OC. The van der Waals surface area contributed by atoms with Gasteiger partial charge in [0.05, 0.1) is 38.2 Å². The minimum Gasteiger partial charge on any atom is -0.493 e.